The molecular weight excluding hydrogens is 228 g/mol. The predicted molar refractivity (Wildman–Crippen MR) is 68.5 cm³/mol. The van der Waals surface area contributed by atoms with Crippen LogP contribution in [0.25, 0.3) is 0 Å². The summed E-state index contributed by atoms with van der Waals surface area (Å²) in [5.41, 5.74) is 7.01. The molecule has 3 rings (SSSR count). The van der Waals surface area contributed by atoms with E-state index < -0.39 is 0 Å². The number of rotatable bonds is 2. The molecule has 0 bridgehead atoms. The molecule has 0 amide bonds. The third-order valence-electron chi connectivity index (χ3n) is 3.13. The molecule has 0 radical (unpaired) electrons. The van der Waals surface area contributed by atoms with Crippen molar-refractivity contribution in [3.63, 3.8) is 0 Å². The standard InChI is InChI=1S/C12H14N6/c13-12(14)10-7-9(1-2-15-10)18-6-5-17-4-3-16-11(17)8-18/h1-4,7H,5-6,8H2,(H3,13,14). The number of nitrogens with two attached hydrogens (primary N) is 1. The molecule has 0 saturated carbocycles. The van der Waals surface area contributed by atoms with E-state index in [4.69, 9.17) is 11.1 Å². The zero-order chi connectivity index (χ0) is 12.5. The van der Waals surface area contributed by atoms with Gasteiger partial charge in [0.1, 0.15) is 17.4 Å². The number of hydrogen-bond donors (Lipinski definition) is 2. The van der Waals surface area contributed by atoms with Crippen LogP contribution in [-0.2, 0) is 13.1 Å². The van der Waals surface area contributed by atoms with E-state index in [1.54, 1.807) is 6.20 Å². The molecule has 0 spiro atoms. The molecule has 0 unspecified atom stereocenters. The van der Waals surface area contributed by atoms with E-state index in [1.807, 2.05) is 24.5 Å². The molecule has 0 aromatic carbocycles. The zero-order valence-corrected chi connectivity index (χ0v) is 9.87. The van der Waals surface area contributed by atoms with Crippen molar-refractivity contribution in [1.29, 1.82) is 5.41 Å². The number of nitrogens with zero attached hydrogens (tertiary/aromatic N) is 4. The molecule has 1 aliphatic heterocycles. The quantitative estimate of drug-likeness (QED) is 0.596. The molecule has 6 heteroatoms. The van der Waals surface area contributed by atoms with Gasteiger partial charge in [0.05, 0.1) is 6.54 Å². The third kappa shape index (κ3) is 1.81. The molecule has 6 nitrogen and oxygen atoms in total. The highest BCUT2D eigenvalue weighted by atomic mass is 15.2. The normalized spacial score (nSPS) is 14.3. The van der Waals surface area contributed by atoms with Gasteiger partial charge in [0, 0.05) is 37.4 Å². The van der Waals surface area contributed by atoms with Crippen LogP contribution in [0.1, 0.15) is 11.5 Å². The lowest BCUT2D eigenvalue weighted by Crippen LogP contribution is -2.33. The minimum atomic E-state index is -0.00430. The maximum Gasteiger partial charge on any atom is 0.141 e. The average Bonchev–Trinajstić information content (AvgIpc) is 2.86. The van der Waals surface area contributed by atoms with Crippen LogP contribution in [0.15, 0.2) is 30.7 Å². The maximum atomic E-state index is 7.42. The van der Waals surface area contributed by atoms with Crippen molar-refractivity contribution in [3.05, 3.63) is 42.2 Å². The van der Waals surface area contributed by atoms with Crippen LogP contribution in [0.4, 0.5) is 5.69 Å². The van der Waals surface area contributed by atoms with Gasteiger partial charge in [-0.2, -0.15) is 0 Å². The average molecular weight is 242 g/mol. The van der Waals surface area contributed by atoms with Crippen LogP contribution in [-0.4, -0.2) is 26.9 Å². The molecule has 0 fully saturated rings. The fourth-order valence-electron chi connectivity index (χ4n) is 2.16. The van der Waals surface area contributed by atoms with E-state index in [0.29, 0.717) is 5.69 Å². The molecule has 92 valence electrons. The Kier molecular flexibility index (Phi) is 2.47. The van der Waals surface area contributed by atoms with Gasteiger partial charge in [0.15, 0.2) is 0 Å². The number of imidazole rings is 1. The van der Waals surface area contributed by atoms with Crippen LogP contribution >= 0.6 is 0 Å². The van der Waals surface area contributed by atoms with Crippen molar-refractivity contribution < 1.29 is 0 Å². The minimum absolute atomic E-state index is 0.00430. The van der Waals surface area contributed by atoms with Gasteiger partial charge in [-0.25, -0.2) is 4.98 Å². The van der Waals surface area contributed by atoms with Gasteiger partial charge in [0.2, 0.25) is 0 Å². The van der Waals surface area contributed by atoms with Gasteiger partial charge in [0.25, 0.3) is 0 Å². The Labute approximate surface area is 105 Å². The molecule has 2 aromatic heterocycles. The van der Waals surface area contributed by atoms with E-state index in [2.05, 4.69) is 19.4 Å². The summed E-state index contributed by atoms with van der Waals surface area (Å²) in [6.45, 7) is 2.62. The van der Waals surface area contributed by atoms with Crippen molar-refractivity contribution in [2.75, 3.05) is 11.4 Å². The Morgan fingerprint density at radius 2 is 2.17 bits per heavy atom. The predicted octanol–water partition coefficient (Wildman–Crippen LogP) is 0.582. The van der Waals surface area contributed by atoms with Crippen LogP contribution in [0, 0.1) is 5.41 Å². The Bertz CT molecular complexity index is 588. The Hall–Kier alpha value is -2.37. The van der Waals surface area contributed by atoms with Gasteiger partial charge >= 0.3 is 0 Å². The number of hydrogen-bond acceptors (Lipinski definition) is 4. The van der Waals surface area contributed by atoms with Crippen molar-refractivity contribution >= 4 is 11.5 Å². The second-order valence-electron chi connectivity index (χ2n) is 4.27. The fraction of sp³-hybridized carbons (Fsp3) is 0.250. The monoisotopic (exact) mass is 242 g/mol. The van der Waals surface area contributed by atoms with E-state index >= 15 is 0 Å². The Balaban J connectivity index is 1.88. The molecular formula is C12H14N6. The molecule has 1 aliphatic rings. The smallest absolute Gasteiger partial charge is 0.141 e. The van der Waals surface area contributed by atoms with Crippen LogP contribution in [0.2, 0.25) is 0 Å². The van der Waals surface area contributed by atoms with Crippen LogP contribution < -0.4 is 10.6 Å². The SMILES string of the molecule is N=C(N)c1cc(N2CCn3ccnc3C2)ccn1. The molecule has 2 aromatic rings. The lowest BCUT2D eigenvalue weighted by Gasteiger charge is -2.29. The summed E-state index contributed by atoms with van der Waals surface area (Å²) in [5, 5.41) is 7.42. The van der Waals surface area contributed by atoms with E-state index in [0.717, 1.165) is 31.1 Å². The van der Waals surface area contributed by atoms with Gasteiger partial charge in [-0.3, -0.25) is 10.4 Å². The highest BCUT2D eigenvalue weighted by Gasteiger charge is 2.17. The number of amidine groups is 1. The highest BCUT2D eigenvalue weighted by Crippen LogP contribution is 2.20. The van der Waals surface area contributed by atoms with E-state index in [9.17, 15) is 0 Å². The number of aromatic nitrogens is 3. The van der Waals surface area contributed by atoms with Crippen molar-refractivity contribution in [3.8, 4) is 0 Å². The first-order valence-electron chi connectivity index (χ1n) is 5.79. The third-order valence-corrected chi connectivity index (χ3v) is 3.13. The first-order chi connectivity index (χ1) is 8.74. The lowest BCUT2D eigenvalue weighted by molar-refractivity contribution is 0.560. The molecule has 0 aliphatic carbocycles. The van der Waals surface area contributed by atoms with Crippen molar-refractivity contribution in [2.45, 2.75) is 13.1 Å². The number of nitrogen functional groups attached to an aromatic ring is 1. The summed E-state index contributed by atoms with van der Waals surface area (Å²) in [5.74, 6) is 1.05. The molecule has 0 atom stereocenters. The summed E-state index contributed by atoms with van der Waals surface area (Å²) >= 11 is 0. The molecule has 3 heterocycles. The largest absolute Gasteiger partial charge is 0.382 e. The van der Waals surface area contributed by atoms with Crippen molar-refractivity contribution in [2.24, 2.45) is 5.73 Å². The number of pyridine rings is 1. The first-order valence-corrected chi connectivity index (χ1v) is 5.79. The zero-order valence-electron chi connectivity index (χ0n) is 9.87. The topological polar surface area (TPSA) is 83.8 Å². The molecule has 0 saturated heterocycles. The number of fused-ring (bicyclic) bond motifs is 1. The van der Waals surface area contributed by atoms with Crippen molar-refractivity contribution in [1.82, 2.24) is 14.5 Å². The van der Waals surface area contributed by atoms with Crippen LogP contribution in [0.3, 0.4) is 0 Å². The summed E-state index contributed by atoms with van der Waals surface area (Å²) in [6.07, 6.45) is 5.51. The number of anilines is 1. The molecule has 18 heavy (non-hydrogen) atoms. The highest BCUT2D eigenvalue weighted by molar-refractivity contribution is 5.93. The summed E-state index contributed by atoms with van der Waals surface area (Å²) in [7, 11) is 0. The van der Waals surface area contributed by atoms with Gasteiger partial charge in [-0.05, 0) is 12.1 Å². The number of nitrogens with one attached hydrogen (secondary N) is 1. The maximum absolute atomic E-state index is 7.42. The second kappa shape index (κ2) is 4.14. The summed E-state index contributed by atoms with van der Waals surface area (Å²) < 4.78 is 2.16. The van der Waals surface area contributed by atoms with Crippen LogP contribution in [0.5, 0.6) is 0 Å². The molecule has 3 N–H and O–H groups in total. The summed E-state index contributed by atoms with van der Waals surface area (Å²) in [6, 6.07) is 3.78. The van der Waals surface area contributed by atoms with E-state index in [-0.39, 0.29) is 5.84 Å². The van der Waals surface area contributed by atoms with E-state index in [1.165, 1.54) is 0 Å². The Morgan fingerprint density at radius 1 is 1.28 bits per heavy atom. The Morgan fingerprint density at radius 3 is 3.00 bits per heavy atom. The minimum Gasteiger partial charge on any atom is -0.382 e. The van der Waals surface area contributed by atoms with Gasteiger partial charge in [-0.1, -0.05) is 0 Å². The van der Waals surface area contributed by atoms with Gasteiger partial charge < -0.3 is 15.2 Å². The van der Waals surface area contributed by atoms with Gasteiger partial charge in [-0.15, -0.1) is 0 Å². The lowest BCUT2D eigenvalue weighted by atomic mass is 10.2. The first kappa shape index (κ1) is 10.8. The fourth-order valence-corrected chi connectivity index (χ4v) is 2.16. The summed E-state index contributed by atoms with van der Waals surface area (Å²) in [4.78, 5) is 10.6. The second-order valence-corrected chi connectivity index (χ2v) is 4.27.